The first-order valence-electron chi connectivity index (χ1n) is 12.0. The van der Waals surface area contributed by atoms with Crippen molar-refractivity contribution in [1.82, 2.24) is 9.88 Å². The summed E-state index contributed by atoms with van der Waals surface area (Å²) in [6, 6.07) is 18.0. The molecule has 2 N–H and O–H groups in total. The van der Waals surface area contributed by atoms with E-state index in [4.69, 9.17) is 4.74 Å². The number of ether oxygens (including phenoxy) is 1. The first-order chi connectivity index (χ1) is 18.8. The minimum atomic E-state index is -1.60. The maximum Gasteiger partial charge on any atom is 0.263 e. The molecule has 1 aromatic heterocycles. The van der Waals surface area contributed by atoms with Crippen molar-refractivity contribution in [3.8, 4) is 5.75 Å². The molecule has 1 aliphatic heterocycles. The second-order valence-electron chi connectivity index (χ2n) is 9.02. The molecule has 0 spiro atoms. The summed E-state index contributed by atoms with van der Waals surface area (Å²) in [5.41, 5.74) is 1.40. The molecule has 5 rings (SSSR count). The second-order valence-corrected chi connectivity index (χ2v) is 9.02. The maximum absolute atomic E-state index is 13.6. The fourth-order valence-electron chi connectivity index (χ4n) is 4.34. The minimum absolute atomic E-state index is 0.0205. The molecule has 7 nitrogen and oxygen atoms in total. The van der Waals surface area contributed by atoms with Gasteiger partial charge in [-0.2, -0.15) is 0 Å². The highest BCUT2D eigenvalue weighted by atomic mass is 19.2. The average Bonchev–Trinajstić information content (AvgIpc) is 3.30. The Hall–Kier alpha value is -4.86. The van der Waals surface area contributed by atoms with Gasteiger partial charge >= 0.3 is 0 Å². The van der Waals surface area contributed by atoms with Gasteiger partial charge in [-0.1, -0.05) is 36.4 Å². The summed E-state index contributed by atoms with van der Waals surface area (Å²) < 4.78 is 47.6. The van der Waals surface area contributed by atoms with E-state index in [-0.39, 0.29) is 30.2 Å². The summed E-state index contributed by atoms with van der Waals surface area (Å²) in [5, 5.41) is 5.58. The van der Waals surface area contributed by atoms with Crippen LogP contribution < -0.4 is 20.9 Å². The molecule has 39 heavy (non-hydrogen) atoms. The van der Waals surface area contributed by atoms with E-state index in [1.165, 1.54) is 18.3 Å². The van der Waals surface area contributed by atoms with Crippen LogP contribution in [0.5, 0.6) is 5.75 Å². The van der Waals surface area contributed by atoms with Crippen molar-refractivity contribution in [3.05, 3.63) is 129 Å². The standard InChI is InChI=1S/C29H22F3N3O4/c30-22-11-17(12-23(31)27(22)32)15-35-10-4-7-21(29(35)38)28(37)34-25(18-5-2-1-3-6-18)16-39-20-9-8-19-13-26(36)33-24(19)14-20/h1-12,14,25H,13,15-16H2,(H,33,36)(H,34,37)/t25-/m0/s1. The summed E-state index contributed by atoms with van der Waals surface area (Å²) in [4.78, 5) is 37.9. The van der Waals surface area contributed by atoms with Crippen LogP contribution in [0.2, 0.25) is 0 Å². The van der Waals surface area contributed by atoms with Gasteiger partial charge in [0.2, 0.25) is 5.91 Å². The Morgan fingerprint density at radius 2 is 1.72 bits per heavy atom. The highest BCUT2D eigenvalue weighted by Gasteiger charge is 2.21. The highest BCUT2D eigenvalue weighted by molar-refractivity contribution is 5.99. The number of nitrogens with one attached hydrogen (secondary N) is 2. The lowest BCUT2D eigenvalue weighted by Crippen LogP contribution is -2.37. The molecule has 0 fully saturated rings. The van der Waals surface area contributed by atoms with E-state index >= 15 is 0 Å². The number of benzene rings is 3. The number of rotatable bonds is 8. The molecule has 0 unspecified atom stereocenters. The molecule has 0 saturated heterocycles. The van der Waals surface area contributed by atoms with Gasteiger partial charge in [0.05, 0.1) is 19.0 Å². The molecule has 2 amide bonds. The highest BCUT2D eigenvalue weighted by Crippen LogP contribution is 2.28. The van der Waals surface area contributed by atoms with E-state index in [0.717, 1.165) is 27.8 Å². The molecule has 3 aromatic carbocycles. The van der Waals surface area contributed by atoms with Crippen molar-refractivity contribution in [1.29, 1.82) is 0 Å². The Labute approximate surface area is 220 Å². The summed E-state index contributed by atoms with van der Waals surface area (Å²) in [5.74, 6) is -4.62. The van der Waals surface area contributed by atoms with Gasteiger partial charge < -0.3 is 19.9 Å². The summed E-state index contributed by atoms with van der Waals surface area (Å²) in [6.07, 6.45) is 1.67. The van der Waals surface area contributed by atoms with Crippen LogP contribution in [0.25, 0.3) is 0 Å². The smallest absolute Gasteiger partial charge is 0.263 e. The van der Waals surface area contributed by atoms with Crippen LogP contribution in [-0.4, -0.2) is 23.0 Å². The number of nitrogens with zero attached hydrogens (tertiary/aromatic N) is 1. The number of carbonyl (C=O) groups excluding carboxylic acids is 2. The first-order valence-corrected chi connectivity index (χ1v) is 12.0. The average molecular weight is 534 g/mol. The van der Waals surface area contributed by atoms with Gasteiger partial charge in [0.15, 0.2) is 17.5 Å². The zero-order chi connectivity index (χ0) is 27.5. The molecule has 0 radical (unpaired) electrons. The van der Waals surface area contributed by atoms with E-state index in [2.05, 4.69) is 10.6 Å². The Morgan fingerprint density at radius 3 is 2.46 bits per heavy atom. The Kier molecular flexibility index (Phi) is 7.18. The number of hydrogen-bond acceptors (Lipinski definition) is 4. The summed E-state index contributed by atoms with van der Waals surface area (Å²) in [7, 11) is 0. The lowest BCUT2D eigenvalue weighted by molar-refractivity contribution is -0.115. The predicted molar refractivity (Wildman–Crippen MR) is 137 cm³/mol. The number of anilines is 1. The summed E-state index contributed by atoms with van der Waals surface area (Å²) >= 11 is 0. The lowest BCUT2D eigenvalue weighted by atomic mass is 10.1. The van der Waals surface area contributed by atoms with Crippen molar-refractivity contribution in [3.63, 3.8) is 0 Å². The number of pyridine rings is 1. The number of amides is 2. The molecule has 10 heteroatoms. The lowest BCUT2D eigenvalue weighted by Gasteiger charge is -2.20. The van der Waals surface area contributed by atoms with Gasteiger partial charge in [-0.05, 0) is 47.0 Å². The Morgan fingerprint density at radius 1 is 0.974 bits per heavy atom. The van der Waals surface area contributed by atoms with Gasteiger partial charge in [0.25, 0.3) is 11.5 Å². The van der Waals surface area contributed by atoms with Gasteiger partial charge in [-0.25, -0.2) is 13.2 Å². The number of fused-ring (bicyclic) bond motifs is 1. The van der Waals surface area contributed by atoms with Crippen LogP contribution in [0.3, 0.4) is 0 Å². The molecule has 4 aromatic rings. The third-order valence-electron chi connectivity index (χ3n) is 6.29. The normalized spacial score (nSPS) is 12.9. The third kappa shape index (κ3) is 5.69. The topological polar surface area (TPSA) is 89.4 Å². The van der Waals surface area contributed by atoms with Gasteiger partial charge in [-0.3, -0.25) is 14.4 Å². The van der Waals surface area contributed by atoms with Crippen LogP contribution in [0.15, 0.2) is 83.8 Å². The molecular formula is C29H22F3N3O4. The van der Waals surface area contributed by atoms with E-state index < -0.39 is 35.0 Å². The Balaban J connectivity index is 1.35. The molecular weight excluding hydrogens is 511 g/mol. The molecule has 2 heterocycles. The molecule has 1 aliphatic rings. The predicted octanol–water partition coefficient (Wildman–Crippen LogP) is 4.36. The van der Waals surface area contributed by atoms with Crippen molar-refractivity contribution in [2.24, 2.45) is 0 Å². The monoisotopic (exact) mass is 533 g/mol. The quantitative estimate of drug-likeness (QED) is 0.330. The van der Waals surface area contributed by atoms with Gasteiger partial charge in [0.1, 0.15) is 17.9 Å². The number of halogens is 3. The van der Waals surface area contributed by atoms with Gasteiger partial charge in [-0.15, -0.1) is 0 Å². The first kappa shape index (κ1) is 25.8. The molecule has 0 bridgehead atoms. The van der Waals surface area contributed by atoms with Gasteiger partial charge in [0, 0.05) is 18.0 Å². The van der Waals surface area contributed by atoms with Crippen LogP contribution in [-0.2, 0) is 17.8 Å². The zero-order valence-corrected chi connectivity index (χ0v) is 20.4. The van der Waals surface area contributed by atoms with E-state index in [9.17, 15) is 27.6 Å². The largest absolute Gasteiger partial charge is 0.491 e. The van der Waals surface area contributed by atoms with Crippen LogP contribution in [0.1, 0.15) is 33.1 Å². The second kappa shape index (κ2) is 10.9. The fourth-order valence-corrected chi connectivity index (χ4v) is 4.34. The van der Waals surface area contributed by atoms with E-state index in [1.54, 1.807) is 42.5 Å². The van der Waals surface area contributed by atoms with E-state index in [0.29, 0.717) is 17.9 Å². The van der Waals surface area contributed by atoms with Crippen LogP contribution >= 0.6 is 0 Å². The molecule has 1 atom stereocenters. The molecule has 0 aliphatic carbocycles. The SMILES string of the molecule is O=C1Cc2ccc(OC[C@H](NC(=O)c3cccn(Cc4cc(F)c(F)c(F)c4)c3=O)c3ccccc3)cc2N1. The number of hydrogen-bond donors (Lipinski definition) is 2. The van der Waals surface area contributed by atoms with Crippen LogP contribution in [0, 0.1) is 17.5 Å². The van der Waals surface area contributed by atoms with Crippen LogP contribution in [0.4, 0.5) is 18.9 Å². The van der Waals surface area contributed by atoms with Crippen molar-refractivity contribution < 1.29 is 27.5 Å². The van der Waals surface area contributed by atoms with Crippen molar-refractivity contribution in [2.45, 2.75) is 19.0 Å². The van der Waals surface area contributed by atoms with E-state index in [1.807, 2.05) is 6.07 Å². The summed E-state index contributed by atoms with van der Waals surface area (Å²) in [6.45, 7) is -0.244. The number of carbonyl (C=O) groups is 2. The zero-order valence-electron chi connectivity index (χ0n) is 20.4. The number of aromatic nitrogens is 1. The van der Waals surface area contributed by atoms with Crippen molar-refractivity contribution >= 4 is 17.5 Å². The Bertz CT molecular complexity index is 1600. The third-order valence-corrected chi connectivity index (χ3v) is 6.29. The molecule has 0 saturated carbocycles. The van der Waals surface area contributed by atoms with Crippen molar-refractivity contribution in [2.75, 3.05) is 11.9 Å². The maximum atomic E-state index is 13.6. The fraction of sp³-hybridized carbons (Fsp3) is 0.138. The molecule has 198 valence electrons. The minimum Gasteiger partial charge on any atom is -0.491 e.